The average molecular weight is 354 g/mol. The highest BCUT2D eigenvalue weighted by Crippen LogP contribution is 2.28. The summed E-state index contributed by atoms with van der Waals surface area (Å²) in [6.45, 7) is 3.49. The summed E-state index contributed by atoms with van der Waals surface area (Å²) in [5.74, 6) is -0.161. The SMILES string of the molecule is CCc1ccccc1NC(=O)Nc1ccc2nc(NC(C)=O)sc2c1. The van der Waals surface area contributed by atoms with Crippen LogP contribution < -0.4 is 16.0 Å². The van der Waals surface area contributed by atoms with E-state index in [2.05, 4.69) is 20.9 Å². The minimum atomic E-state index is -0.299. The van der Waals surface area contributed by atoms with Crippen molar-refractivity contribution in [3.63, 3.8) is 0 Å². The van der Waals surface area contributed by atoms with Crippen LogP contribution in [0.1, 0.15) is 19.4 Å². The molecule has 0 aliphatic rings. The van der Waals surface area contributed by atoms with Crippen molar-refractivity contribution >= 4 is 50.0 Å². The van der Waals surface area contributed by atoms with Crippen LogP contribution >= 0.6 is 11.3 Å². The first kappa shape index (κ1) is 16.9. The number of nitrogens with one attached hydrogen (secondary N) is 3. The number of carbonyl (C=O) groups is 2. The number of thiazole rings is 1. The van der Waals surface area contributed by atoms with Crippen molar-refractivity contribution in [2.45, 2.75) is 20.3 Å². The van der Waals surface area contributed by atoms with E-state index in [-0.39, 0.29) is 11.9 Å². The summed E-state index contributed by atoms with van der Waals surface area (Å²) in [4.78, 5) is 27.7. The number of hydrogen-bond acceptors (Lipinski definition) is 4. The molecular formula is C18H18N4O2S. The van der Waals surface area contributed by atoms with Crippen LogP contribution in [-0.4, -0.2) is 16.9 Å². The fourth-order valence-corrected chi connectivity index (χ4v) is 3.39. The number of anilines is 3. The number of carbonyl (C=O) groups excluding carboxylic acids is 2. The van der Waals surface area contributed by atoms with Crippen LogP contribution in [-0.2, 0) is 11.2 Å². The third-order valence-electron chi connectivity index (χ3n) is 3.58. The Hall–Kier alpha value is -2.93. The topological polar surface area (TPSA) is 83.1 Å². The quantitative estimate of drug-likeness (QED) is 0.647. The molecule has 0 aliphatic heterocycles. The van der Waals surface area contributed by atoms with Crippen LogP contribution in [0.2, 0.25) is 0 Å². The van der Waals surface area contributed by atoms with Crippen molar-refractivity contribution in [1.29, 1.82) is 0 Å². The van der Waals surface area contributed by atoms with Crippen LogP contribution in [0.15, 0.2) is 42.5 Å². The van der Waals surface area contributed by atoms with Crippen LogP contribution in [0.4, 0.5) is 21.3 Å². The zero-order valence-corrected chi connectivity index (χ0v) is 14.7. The summed E-state index contributed by atoms with van der Waals surface area (Å²) in [5.41, 5.74) is 3.32. The van der Waals surface area contributed by atoms with E-state index < -0.39 is 0 Å². The number of hydrogen-bond donors (Lipinski definition) is 3. The van der Waals surface area contributed by atoms with Gasteiger partial charge in [0.2, 0.25) is 5.91 Å². The standard InChI is InChI=1S/C18H18N4O2S/c1-3-12-6-4-5-7-14(12)21-17(24)20-13-8-9-15-16(10-13)25-18(22-15)19-11(2)23/h4-10H,3H2,1-2H3,(H,19,22,23)(H2,20,21,24). The second-order valence-corrected chi connectivity index (χ2v) is 6.50. The van der Waals surface area contributed by atoms with Gasteiger partial charge in [0.1, 0.15) is 0 Å². The summed E-state index contributed by atoms with van der Waals surface area (Å²) in [6, 6.07) is 12.8. The molecule has 128 valence electrons. The van der Waals surface area contributed by atoms with Gasteiger partial charge >= 0.3 is 6.03 Å². The fourth-order valence-electron chi connectivity index (χ4n) is 2.44. The van der Waals surface area contributed by atoms with Crippen molar-refractivity contribution < 1.29 is 9.59 Å². The number of amides is 3. The summed E-state index contributed by atoms with van der Waals surface area (Å²) in [7, 11) is 0. The lowest BCUT2D eigenvalue weighted by Crippen LogP contribution is -2.20. The molecule has 3 aromatic rings. The Morgan fingerprint density at radius 3 is 2.64 bits per heavy atom. The predicted molar refractivity (Wildman–Crippen MR) is 102 cm³/mol. The van der Waals surface area contributed by atoms with Gasteiger partial charge in [-0.2, -0.15) is 0 Å². The lowest BCUT2D eigenvalue weighted by Gasteiger charge is -2.10. The third-order valence-corrected chi connectivity index (χ3v) is 4.51. The van der Waals surface area contributed by atoms with Crippen molar-refractivity contribution in [3.05, 3.63) is 48.0 Å². The third kappa shape index (κ3) is 4.13. The van der Waals surface area contributed by atoms with E-state index in [1.165, 1.54) is 18.3 Å². The molecule has 0 aliphatic carbocycles. The Balaban J connectivity index is 1.73. The minimum Gasteiger partial charge on any atom is -0.308 e. The predicted octanol–water partition coefficient (Wildman–Crippen LogP) is 4.46. The molecule has 0 saturated heterocycles. The molecule has 25 heavy (non-hydrogen) atoms. The fraction of sp³-hybridized carbons (Fsp3) is 0.167. The van der Waals surface area contributed by atoms with Crippen molar-refractivity contribution in [1.82, 2.24) is 4.98 Å². The Labute approximate surface area is 149 Å². The largest absolute Gasteiger partial charge is 0.323 e. The maximum atomic E-state index is 12.2. The van der Waals surface area contributed by atoms with Gasteiger partial charge in [0, 0.05) is 18.3 Å². The highest BCUT2D eigenvalue weighted by Gasteiger charge is 2.09. The zero-order valence-electron chi connectivity index (χ0n) is 13.9. The molecule has 6 nitrogen and oxygen atoms in total. The molecule has 3 rings (SSSR count). The maximum absolute atomic E-state index is 12.2. The molecule has 3 N–H and O–H groups in total. The Kier molecular flexibility index (Phi) is 4.95. The molecule has 0 spiro atoms. The van der Waals surface area contributed by atoms with Gasteiger partial charge in [-0.25, -0.2) is 9.78 Å². The first-order valence-corrected chi connectivity index (χ1v) is 8.71. The molecule has 1 aromatic heterocycles. The van der Waals surface area contributed by atoms with Gasteiger partial charge in [-0.3, -0.25) is 4.79 Å². The molecule has 3 amide bonds. The van der Waals surface area contributed by atoms with Crippen molar-refractivity contribution in [3.8, 4) is 0 Å². The lowest BCUT2D eigenvalue weighted by molar-refractivity contribution is -0.114. The van der Waals surface area contributed by atoms with Crippen LogP contribution in [0, 0.1) is 0 Å². The average Bonchev–Trinajstić information content (AvgIpc) is 2.95. The number of para-hydroxylation sites is 1. The van der Waals surface area contributed by atoms with Gasteiger partial charge in [0.05, 0.1) is 10.2 Å². The molecule has 0 saturated carbocycles. The van der Waals surface area contributed by atoms with E-state index in [0.717, 1.165) is 27.9 Å². The van der Waals surface area contributed by atoms with E-state index in [0.29, 0.717) is 10.8 Å². The number of aromatic nitrogens is 1. The second-order valence-electron chi connectivity index (χ2n) is 5.47. The number of benzene rings is 2. The number of rotatable bonds is 4. The number of urea groups is 1. The molecule has 1 heterocycles. The zero-order chi connectivity index (χ0) is 17.8. The molecule has 0 radical (unpaired) electrons. The van der Waals surface area contributed by atoms with Crippen LogP contribution in [0.3, 0.4) is 0 Å². The molecular weight excluding hydrogens is 336 g/mol. The molecule has 0 bridgehead atoms. The van der Waals surface area contributed by atoms with Gasteiger partial charge in [0.15, 0.2) is 5.13 Å². The number of fused-ring (bicyclic) bond motifs is 1. The smallest absolute Gasteiger partial charge is 0.308 e. The minimum absolute atomic E-state index is 0.161. The highest BCUT2D eigenvalue weighted by molar-refractivity contribution is 7.22. The number of aryl methyl sites for hydroxylation is 1. The summed E-state index contributed by atoms with van der Waals surface area (Å²) in [5, 5.41) is 8.91. The van der Waals surface area contributed by atoms with E-state index in [9.17, 15) is 9.59 Å². The van der Waals surface area contributed by atoms with Gasteiger partial charge < -0.3 is 16.0 Å². The second kappa shape index (κ2) is 7.31. The number of nitrogens with zero attached hydrogens (tertiary/aromatic N) is 1. The van der Waals surface area contributed by atoms with Gasteiger partial charge in [-0.05, 0) is 36.2 Å². The van der Waals surface area contributed by atoms with Crippen molar-refractivity contribution in [2.75, 3.05) is 16.0 Å². The first-order chi connectivity index (χ1) is 12.0. The highest BCUT2D eigenvalue weighted by atomic mass is 32.1. The maximum Gasteiger partial charge on any atom is 0.323 e. The first-order valence-electron chi connectivity index (χ1n) is 7.89. The Morgan fingerprint density at radius 1 is 1.08 bits per heavy atom. The van der Waals surface area contributed by atoms with E-state index in [1.54, 1.807) is 6.07 Å². The molecule has 0 unspecified atom stereocenters. The Bertz CT molecular complexity index is 936. The van der Waals surface area contributed by atoms with E-state index in [1.807, 2.05) is 43.3 Å². The monoisotopic (exact) mass is 354 g/mol. The van der Waals surface area contributed by atoms with Crippen LogP contribution in [0.5, 0.6) is 0 Å². The molecule has 0 atom stereocenters. The van der Waals surface area contributed by atoms with Gasteiger partial charge in [-0.15, -0.1) is 0 Å². The van der Waals surface area contributed by atoms with E-state index in [4.69, 9.17) is 0 Å². The lowest BCUT2D eigenvalue weighted by atomic mass is 10.1. The summed E-state index contributed by atoms with van der Waals surface area (Å²) < 4.78 is 0.885. The molecule has 7 heteroatoms. The molecule has 2 aromatic carbocycles. The van der Waals surface area contributed by atoms with Gasteiger partial charge in [-0.1, -0.05) is 36.5 Å². The summed E-state index contributed by atoms with van der Waals surface area (Å²) in [6.07, 6.45) is 0.842. The van der Waals surface area contributed by atoms with Gasteiger partial charge in [0.25, 0.3) is 0 Å². The van der Waals surface area contributed by atoms with Crippen molar-refractivity contribution in [2.24, 2.45) is 0 Å². The Morgan fingerprint density at radius 2 is 1.88 bits per heavy atom. The van der Waals surface area contributed by atoms with E-state index >= 15 is 0 Å². The molecule has 0 fully saturated rings. The van der Waals surface area contributed by atoms with Crippen LogP contribution in [0.25, 0.3) is 10.2 Å². The normalized spacial score (nSPS) is 10.5. The summed E-state index contributed by atoms with van der Waals surface area (Å²) >= 11 is 1.36.